The summed E-state index contributed by atoms with van der Waals surface area (Å²) in [6.07, 6.45) is 7.28. The Morgan fingerprint density at radius 2 is 2.24 bits per heavy atom. The van der Waals surface area contributed by atoms with E-state index in [0.29, 0.717) is 6.61 Å². The first-order valence-corrected chi connectivity index (χ1v) is 8.76. The van der Waals surface area contributed by atoms with Gasteiger partial charge in [-0.05, 0) is 46.2 Å². The van der Waals surface area contributed by atoms with Crippen LogP contribution in [0.25, 0.3) is 0 Å². The zero-order chi connectivity index (χ0) is 12.9. The Bertz CT molecular complexity index is 288. The summed E-state index contributed by atoms with van der Waals surface area (Å²) >= 11 is 0. The van der Waals surface area contributed by atoms with Crippen molar-refractivity contribution in [3.05, 3.63) is 12.2 Å². The van der Waals surface area contributed by atoms with Crippen molar-refractivity contribution in [1.29, 1.82) is 0 Å². The van der Waals surface area contributed by atoms with Crippen molar-refractivity contribution in [2.75, 3.05) is 6.61 Å². The van der Waals surface area contributed by atoms with Crippen molar-refractivity contribution in [3.8, 4) is 0 Å². The summed E-state index contributed by atoms with van der Waals surface area (Å²) in [5.74, 6) is -0.374. The zero-order valence-electron chi connectivity index (χ0n) is 11.3. The first-order chi connectivity index (χ1) is 8.02. The number of ether oxygens (including phenoxy) is 1. The molecule has 0 aliphatic heterocycles. The van der Waals surface area contributed by atoms with Crippen LogP contribution in [0.3, 0.4) is 0 Å². The highest BCUT2D eigenvalue weighted by Crippen LogP contribution is 2.34. The van der Waals surface area contributed by atoms with E-state index < -0.39 is 14.6 Å². The third kappa shape index (κ3) is 3.68. The van der Waals surface area contributed by atoms with Crippen LogP contribution >= 0.6 is 0 Å². The van der Waals surface area contributed by atoms with Crippen LogP contribution in [0, 0.1) is 5.92 Å². The maximum absolute atomic E-state index is 11.9. The van der Waals surface area contributed by atoms with E-state index in [1.807, 2.05) is 13.8 Å². The van der Waals surface area contributed by atoms with Gasteiger partial charge in [-0.2, -0.15) is 0 Å². The molecule has 0 aromatic rings. The molecule has 0 bridgehead atoms. The van der Waals surface area contributed by atoms with Gasteiger partial charge in [-0.25, -0.2) is 0 Å². The smallest absolute Gasteiger partial charge is 0.311 e. The fourth-order valence-electron chi connectivity index (χ4n) is 2.24. The monoisotopic (exact) mass is 255 g/mol. The fraction of sp³-hybridized carbons (Fsp3) is 0.769. The zero-order valence-corrected chi connectivity index (χ0v) is 12.3. The van der Waals surface area contributed by atoms with Crippen molar-refractivity contribution >= 4 is 15.0 Å². The molecule has 3 nitrogen and oxygen atoms in total. The molecule has 0 fully saturated rings. The summed E-state index contributed by atoms with van der Waals surface area (Å²) in [5, 5.41) is 0. The molecule has 2 unspecified atom stereocenters. The van der Waals surface area contributed by atoms with Gasteiger partial charge in [-0.15, -0.1) is 0 Å². The van der Waals surface area contributed by atoms with Crippen LogP contribution in [-0.2, 0) is 14.0 Å². The van der Waals surface area contributed by atoms with Gasteiger partial charge in [0.25, 0.3) is 0 Å². The van der Waals surface area contributed by atoms with Gasteiger partial charge in [0, 0.05) is 0 Å². The van der Waals surface area contributed by atoms with Gasteiger partial charge in [0.15, 0.2) is 0 Å². The number of hydrogen-bond acceptors (Lipinski definition) is 3. The first kappa shape index (κ1) is 14.4. The molecular formula is C13H23O3Si. The molecule has 0 amide bonds. The number of rotatable bonds is 5. The predicted molar refractivity (Wildman–Crippen MR) is 70.1 cm³/mol. The first-order valence-electron chi connectivity index (χ1n) is 6.35. The largest absolute Gasteiger partial charge is 0.466 e. The van der Waals surface area contributed by atoms with Gasteiger partial charge < -0.3 is 9.16 Å². The van der Waals surface area contributed by atoms with Gasteiger partial charge in [-0.3, -0.25) is 4.79 Å². The summed E-state index contributed by atoms with van der Waals surface area (Å²) in [4.78, 5) is 11.9. The van der Waals surface area contributed by atoms with Gasteiger partial charge in [0.1, 0.15) is 0 Å². The fourth-order valence-corrected chi connectivity index (χ4v) is 3.35. The quantitative estimate of drug-likeness (QED) is 0.430. The van der Waals surface area contributed by atoms with Gasteiger partial charge in [-0.1, -0.05) is 12.2 Å². The Labute approximate surface area is 106 Å². The summed E-state index contributed by atoms with van der Waals surface area (Å²) in [6.45, 7) is 8.39. The summed E-state index contributed by atoms with van der Waals surface area (Å²) in [7, 11) is -0.842. The molecule has 0 heterocycles. The normalized spacial score (nSPS) is 25.9. The number of allylic oxidation sites excluding steroid dienone is 1. The second kappa shape index (κ2) is 6.35. The number of carbonyl (C=O) groups excluding carboxylic acids is 1. The lowest BCUT2D eigenvalue weighted by Crippen LogP contribution is -2.46. The summed E-state index contributed by atoms with van der Waals surface area (Å²) < 4.78 is 11.2. The lowest BCUT2D eigenvalue weighted by molar-refractivity contribution is -0.153. The van der Waals surface area contributed by atoms with E-state index in [1.165, 1.54) is 0 Å². The van der Waals surface area contributed by atoms with E-state index in [-0.39, 0.29) is 11.9 Å². The minimum absolute atomic E-state index is 0.151. The maximum Gasteiger partial charge on any atom is 0.311 e. The maximum atomic E-state index is 11.9. The third-order valence-electron chi connectivity index (χ3n) is 3.11. The van der Waals surface area contributed by atoms with Gasteiger partial charge in [0.05, 0.1) is 18.1 Å². The van der Waals surface area contributed by atoms with Crippen LogP contribution < -0.4 is 0 Å². The Kier molecular flexibility index (Phi) is 5.40. The molecule has 17 heavy (non-hydrogen) atoms. The third-order valence-corrected chi connectivity index (χ3v) is 3.89. The van der Waals surface area contributed by atoms with Crippen LogP contribution in [0.5, 0.6) is 0 Å². The molecule has 1 aliphatic rings. The highest BCUT2D eigenvalue weighted by atomic mass is 28.3. The molecule has 1 aliphatic carbocycles. The van der Waals surface area contributed by atoms with E-state index in [0.717, 1.165) is 19.3 Å². The van der Waals surface area contributed by atoms with Crippen LogP contribution in [0.15, 0.2) is 12.2 Å². The molecule has 0 saturated carbocycles. The highest BCUT2D eigenvalue weighted by molar-refractivity contribution is 6.48. The molecule has 0 saturated heterocycles. The molecule has 4 heteroatoms. The van der Waals surface area contributed by atoms with Crippen LogP contribution in [-0.4, -0.2) is 27.2 Å². The SMILES string of the molecule is CCOC(=O)C(C)C1(O[Si](C)C)C=CCCC1. The average Bonchev–Trinajstić information content (AvgIpc) is 2.28. The van der Waals surface area contributed by atoms with E-state index in [9.17, 15) is 4.79 Å². The second-order valence-electron chi connectivity index (χ2n) is 4.73. The van der Waals surface area contributed by atoms with Gasteiger partial charge >= 0.3 is 5.97 Å². The molecule has 0 aromatic carbocycles. The van der Waals surface area contributed by atoms with E-state index in [1.54, 1.807) is 0 Å². The van der Waals surface area contributed by atoms with Crippen molar-refractivity contribution in [2.45, 2.75) is 51.8 Å². The predicted octanol–water partition coefficient (Wildman–Crippen LogP) is 2.93. The highest BCUT2D eigenvalue weighted by Gasteiger charge is 2.41. The Hall–Kier alpha value is -0.613. The summed E-state index contributed by atoms with van der Waals surface area (Å²) in [5.41, 5.74) is -0.428. The lowest BCUT2D eigenvalue weighted by Gasteiger charge is -2.39. The molecule has 0 N–H and O–H groups in total. The van der Waals surface area contributed by atoms with Crippen LogP contribution in [0.1, 0.15) is 33.1 Å². The minimum atomic E-state index is -0.842. The molecule has 2 atom stereocenters. The van der Waals surface area contributed by atoms with Crippen molar-refractivity contribution < 1.29 is 14.0 Å². The Morgan fingerprint density at radius 1 is 1.53 bits per heavy atom. The molecule has 1 radical (unpaired) electrons. The van der Waals surface area contributed by atoms with Crippen molar-refractivity contribution in [3.63, 3.8) is 0 Å². The Balaban J connectivity index is 2.85. The number of carbonyl (C=O) groups is 1. The molecule has 1 rings (SSSR count). The molecule has 0 aromatic heterocycles. The van der Waals surface area contributed by atoms with E-state index in [2.05, 4.69) is 25.2 Å². The molecule has 0 spiro atoms. The average molecular weight is 255 g/mol. The molecular weight excluding hydrogens is 232 g/mol. The van der Waals surface area contributed by atoms with E-state index >= 15 is 0 Å². The van der Waals surface area contributed by atoms with E-state index in [4.69, 9.17) is 9.16 Å². The number of esters is 1. The standard InChI is InChI=1S/C13H23O3Si/c1-5-15-12(14)11(2)13(16-17(3)4)9-7-6-8-10-13/h7,9,11H,5-6,8,10H2,1-4H3. The second-order valence-corrected chi connectivity index (χ2v) is 6.75. The van der Waals surface area contributed by atoms with Crippen LogP contribution in [0.2, 0.25) is 13.1 Å². The minimum Gasteiger partial charge on any atom is -0.466 e. The topological polar surface area (TPSA) is 35.5 Å². The summed E-state index contributed by atoms with van der Waals surface area (Å²) in [6, 6.07) is 0. The number of hydrogen-bond donors (Lipinski definition) is 0. The molecule has 97 valence electrons. The van der Waals surface area contributed by atoms with Crippen molar-refractivity contribution in [2.24, 2.45) is 5.92 Å². The van der Waals surface area contributed by atoms with Crippen molar-refractivity contribution in [1.82, 2.24) is 0 Å². The van der Waals surface area contributed by atoms with Gasteiger partial charge in [0.2, 0.25) is 9.04 Å². The Morgan fingerprint density at radius 3 is 2.71 bits per heavy atom. The lowest BCUT2D eigenvalue weighted by atomic mass is 9.81. The van der Waals surface area contributed by atoms with Crippen LogP contribution in [0.4, 0.5) is 0 Å².